The molecule has 1 saturated heterocycles. The zero-order valence-electron chi connectivity index (χ0n) is 14.9. The second-order valence-corrected chi connectivity index (χ2v) is 8.12. The lowest BCUT2D eigenvalue weighted by Crippen LogP contribution is -2.54. The first kappa shape index (κ1) is 17.9. The lowest BCUT2D eigenvalue weighted by molar-refractivity contribution is -0.137. The molecule has 140 valence electrons. The van der Waals surface area contributed by atoms with E-state index in [2.05, 4.69) is 37.5 Å². The van der Waals surface area contributed by atoms with Gasteiger partial charge in [-0.25, -0.2) is 14.6 Å². The summed E-state index contributed by atoms with van der Waals surface area (Å²) in [6.45, 7) is 5.27. The first-order chi connectivity index (χ1) is 12.6. The Morgan fingerprint density at radius 2 is 1.92 bits per heavy atom. The van der Waals surface area contributed by atoms with Crippen molar-refractivity contribution >= 4 is 45.3 Å². The summed E-state index contributed by atoms with van der Waals surface area (Å²) >= 11 is 2.21. The molecule has 0 unspecified atom stereocenters. The van der Waals surface area contributed by atoms with E-state index in [-0.39, 0.29) is 5.91 Å². The number of piperazine rings is 1. The van der Waals surface area contributed by atoms with Gasteiger partial charge in [0.1, 0.15) is 15.8 Å². The minimum Gasteiger partial charge on any atom is -0.383 e. The average molecular weight is 469 g/mol. The second kappa shape index (κ2) is 7.26. The van der Waals surface area contributed by atoms with Crippen molar-refractivity contribution in [2.75, 3.05) is 31.9 Å². The molecule has 2 aliphatic rings. The van der Waals surface area contributed by atoms with Gasteiger partial charge in [0.2, 0.25) is 5.91 Å². The molecule has 8 nitrogen and oxygen atoms in total. The molecule has 0 aromatic carbocycles. The fourth-order valence-corrected chi connectivity index (χ4v) is 5.00. The lowest BCUT2D eigenvalue weighted by Gasteiger charge is -2.41. The van der Waals surface area contributed by atoms with Crippen LogP contribution in [0.5, 0.6) is 0 Å². The zero-order valence-corrected chi connectivity index (χ0v) is 17.1. The van der Waals surface area contributed by atoms with Gasteiger partial charge in [-0.2, -0.15) is 5.10 Å². The maximum Gasteiger partial charge on any atom is 0.236 e. The molecule has 1 saturated carbocycles. The smallest absolute Gasteiger partial charge is 0.236 e. The number of halogens is 1. The molecule has 26 heavy (non-hydrogen) atoms. The van der Waals surface area contributed by atoms with Crippen molar-refractivity contribution in [1.29, 1.82) is 0 Å². The number of carbonyl (C=O) groups excluding carboxylic acids is 1. The second-order valence-electron chi connectivity index (χ2n) is 7.10. The van der Waals surface area contributed by atoms with E-state index in [4.69, 9.17) is 10.8 Å². The summed E-state index contributed by atoms with van der Waals surface area (Å²) in [6.07, 6.45) is 5.77. The number of hydrogen-bond acceptors (Lipinski definition) is 6. The Balaban J connectivity index is 1.45. The van der Waals surface area contributed by atoms with Crippen molar-refractivity contribution in [2.24, 2.45) is 0 Å². The van der Waals surface area contributed by atoms with Crippen LogP contribution < -0.4 is 5.73 Å². The number of nitrogens with two attached hydrogens (primary N) is 1. The van der Waals surface area contributed by atoms with Crippen LogP contribution in [0.15, 0.2) is 6.33 Å². The molecule has 1 aliphatic heterocycles. The molecular weight excluding hydrogens is 445 g/mol. The highest BCUT2D eigenvalue weighted by Gasteiger charge is 2.32. The van der Waals surface area contributed by atoms with E-state index in [1.807, 2.05) is 16.5 Å². The molecule has 2 aromatic heterocycles. The van der Waals surface area contributed by atoms with Gasteiger partial charge in [-0.3, -0.25) is 9.69 Å². The number of nitrogen functional groups attached to an aromatic ring is 1. The summed E-state index contributed by atoms with van der Waals surface area (Å²) in [7, 11) is 0. The predicted molar refractivity (Wildman–Crippen MR) is 108 cm³/mol. The van der Waals surface area contributed by atoms with Gasteiger partial charge < -0.3 is 10.6 Å². The zero-order chi connectivity index (χ0) is 18.3. The van der Waals surface area contributed by atoms with Gasteiger partial charge in [-0.1, -0.05) is 0 Å². The molecule has 2 aromatic rings. The van der Waals surface area contributed by atoms with Crippen molar-refractivity contribution in [2.45, 2.75) is 44.7 Å². The number of nitrogens with zero attached hydrogens (tertiary/aromatic N) is 6. The highest BCUT2D eigenvalue weighted by atomic mass is 127. The maximum atomic E-state index is 12.2. The number of rotatable bonds is 3. The number of hydrogen-bond donors (Lipinski definition) is 1. The standard InChI is InChI=1S/C17H24IN7O/c1-2-23-7-8-24(9-13(23)26)11-3-5-12(6-4-11)25-17-14(15(18)22-25)16(19)20-10-21-17/h10-12H,2-9H2,1H3,(H2,19,20,21)/t11-,12+. The minimum atomic E-state index is 0.265. The Morgan fingerprint density at radius 1 is 1.19 bits per heavy atom. The van der Waals surface area contributed by atoms with Gasteiger partial charge in [0, 0.05) is 25.7 Å². The largest absolute Gasteiger partial charge is 0.383 e. The van der Waals surface area contributed by atoms with E-state index in [1.54, 1.807) is 0 Å². The Labute approximate surface area is 166 Å². The van der Waals surface area contributed by atoms with Crippen LogP contribution in [-0.4, -0.2) is 67.7 Å². The quantitative estimate of drug-likeness (QED) is 0.688. The van der Waals surface area contributed by atoms with E-state index in [1.165, 1.54) is 6.33 Å². The Bertz CT molecular complexity index is 815. The molecular formula is C17H24IN7O. The summed E-state index contributed by atoms with van der Waals surface area (Å²) in [5.74, 6) is 0.757. The van der Waals surface area contributed by atoms with Gasteiger partial charge in [0.15, 0.2) is 5.65 Å². The van der Waals surface area contributed by atoms with Crippen molar-refractivity contribution in [1.82, 2.24) is 29.5 Å². The van der Waals surface area contributed by atoms with Crippen molar-refractivity contribution in [3.63, 3.8) is 0 Å². The topological polar surface area (TPSA) is 93.2 Å². The van der Waals surface area contributed by atoms with Crippen molar-refractivity contribution in [3.05, 3.63) is 10.0 Å². The predicted octanol–water partition coefficient (Wildman–Crippen LogP) is 1.66. The van der Waals surface area contributed by atoms with Crippen molar-refractivity contribution < 1.29 is 4.79 Å². The molecule has 9 heteroatoms. The third-order valence-corrected chi connectivity index (χ3v) is 6.49. The SMILES string of the molecule is CCN1CCN([C@H]2CC[C@@H](n3nc(I)c4c(N)ncnc43)CC2)CC1=O. The summed E-state index contributed by atoms with van der Waals surface area (Å²) in [4.78, 5) is 25.0. The highest BCUT2D eigenvalue weighted by molar-refractivity contribution is 14.1. The molecule has 2 fully saturated rings. The summed E-state index contributed by atoms with van der Waals surface area (Å²) in [5, 5.41) is 5.55. The van der Waals surface area contributed by atoms with E-state index in [0.29, 0.717) is 24.4 Å². The Kier molecular flexibility index (Phi) is 5.00. The third kappa shape index (κ3) is 3.15. The van der Waals surface area contributed by atoms with Crippen LogP contribution in [0.25, 0.3) is 11.0 Å². The number of fused-ring (bicyclic) bond motifs is 1. The summed E-state index contributed by atoms with van der Waals surface area (Å²) < 4.78 is 2.89. The van der Waals surface area contributed by atoms with Gasteiger partial charge in [-0.15, -0.1) is 0 Å². The van der Waals surface area contributed by atoms with Gasteiger partial charge in [0.25, 0.3) is 0 Å². The maximum absolute atomic E-state index is 12.2. The van der Waals surface area contributed by atoms with E-state index in [9.17, 15) is 4.79 Å². The Morgan fingerprint density at radius 3 is 2.62 bits per heavy atom. The minimum absolute atomic E-state index is 0.265. The van der Waals surface area contributed by atoms with Gasteiger partial charge in [-0.05, 0) is 55.2 Å². The van der Waals surface area contributed by atoms with E-state index in [0.717, 1.165) is 60.1 Å². The molecule has 1 amide bonds. The van der Waals surface area contributed by atoms with Crippen molar-refractivity contribution in [3.8, 4) is 0 Å². The number of likely N-dealkylation sites (N-methyl/N-ethyl adjacent to an activating group) is 1. The molecule has 1 aliphatic carbocycles. The Hall–Kier alpha value is -1.49. The van der Waals surface area contributed by atoms with Gasteiger partial charge in [0.05, 0.1) is 18.0 Å². The fraction of sp³-hybridized carbons (Fsp3) is 0.647. The van der Waals surface area contributed by atoms with Crippen LogP contribution in [0.1, 0.15) is 38.6 Å². The van der Waals surface area contributed by atoms with Crippen LogP contribution in [0, 0.1) is 3.70 Å². The third-order valence-electron chi connectivity index (χ3n) is 5.73. The number of amides is 1. The lowest BCUT2D eigenvalue weighted by atomic mass is 9.90. The number of aromatic nitrogens is 4. The summed E-state index contributed by atoms with van der Waals surface area (Å²) in [6, 6.07) is 0.828. The fourth-order valence-electron chi connectivity index (χ4n) is 4.25. The van der Waals surface area contributed by atoms with E-state index < -0.39 is 0 Å². The molecule has 4 rings (SSSR count). The number of anilines is 1. The molecule has 0 radical (unpaired) electrons. The molecule has 0 spiro atoms. The first-order valence-corrected chi connectivity index (χ1v) is 10.3. The van der Waals surface area contributed by atoms with Crippen LogP contribution in [0.4, 0.5) is 5.82 Å². The molecule has 2 N–H and O–H groups in total. The average Bonchev–Trinajstić information content (AvgIpc) is 3.00. The van der Waals surface area contributed by atoms with Crippen LogP contribution in [0.3, 0.4) is 0 Å². The molecule has 0 bridgehead atoms. The normalized spacial score (nSPS) is 25.2. The molecule has 0 atom stereocenters. The van der Waals surface area contributed by atoms with Gasteiger partial charge >= 0.3 is 0 Å². The van der Waals surface area contributed by atoms with Crippen LogP contribution in [-0.2, 0) is 4.79 Å². The number of carbonyl (C=O) groups is 1. The summed E-state index contributed by atoms with van der Waals surface area (Å²) in [5.41, 5.74) is 6.83. The van der Waals surface area contributed by atoms with Crippen LogP contribution >= 0.6 is 22.6 Å². The first-order valence-electron chi connectivity index (χ1n) is 9.24. The monoisotopic (exact) mass is 469 g/mol. The van der Waals surface area contributed by atoms with E-state index >= 15 is 0 Å². The van der Waals surface area contributed by atoms with Crippen LogP contribution in [0.2, 0.25) is 0 Å². The molecule has 3 heterocycles. The highest BCUT2D eigenvalue weighted by Crippen LogP contribution is 2.34.